The van der Waals surface area contributed by atoms with Crippen LogP contribution in [0.2, 0.25) is 5.02 Å². The minimum atomic E-state index is -0.274. The number of amides is 1. The lowest BCUT2D eigenvalue weighted by Crippen LogP contribution is -2.53. The van der Waals surface area contributed by atoms with Crippen molar-refractivity contribution in [1.29, 1.82) is 0 Å². The van der Waals surface area contributed by atoms with Crippen LogP contribution in [0.1, 0.15) is 50.3 Å². The number of hydrogen-bond donors (Lipinski definition) is 1. The third-order valence-electron chi connectivity index (χ3n) is 7.55. The van der Waals surface area contributed by atoms with E-state index in [4.69, 9.17) is 16.3 Å². The molecule has 1 amide bonds. The average molecular weight is 439 g/mol. The zero-order valence-electron chi connectivity index (χ0n) is 18.4. The van der Waals surface area contributed by atoms with E-state index in [2.05, 4.69) is 48.3 Å². The van der Waals surface area contributed by atoms with Gasteiger partial charge in [0, 0.05) is 11.6 Å². The number of rotatable bonds is 3. The molecule has 0 spiro atoms. The van der Waals surface area contributed by atoms with E-state index in [0.717, 1.165) is 61.5 Å². The molecule has 31 heavy (non-hydrogen) atoms. The van der Waals surface area contributed by atoms with Gasteiger partial charge in [-0.05, 0) is 84.5 Å². The lowest BCUT2D eigenvalue weighted by atomic mass is 9.70. The van der Waals surface area contributed by atoms with Gasteiger partial charge < -0.3 is 10.1 Å². The number of nitrogens with one attached hydrogen (secondary N) is 1. The molecule has 1 unspecified atom stereocenters. The van der Waals surface area contributed by atoms with Crippen LogP contribution < -0.4 is 5.32 Å². The fraction of sp³-hybridized carbons (Fsp3) is 0.500. The summed E-state index contributed by atoms with van der Waals surface area (Å²) in [4.78, 5) is 15.3. The molecule has 4 aliphatic rings. The number of aryl methyl sites for hydroxylation is 1. The summed E-state index contributed by atoms with van der Waals surface area (Å²) in [5.41, 5.74) is 4.75. The number of nitrogens with zero attached hydrogens (tertiary/aromatic N) is 1. The Kier molecular flexibility index (Phi) is 5.47. The lowest BCUT2D eigenvalue weighted by Gasteiger charge is -2.44. The number of fused-ring (bicyclic) bond motifs is 4. The van der Waals surface area contributed by atoms with Crippen LogP contribution in [0, 0.1) is 11.3 Å². The summed E-state index contributed by atoms with van der Waals surface area (Å²) >= 11 is 6.20. The van der Waals surface area contributed by atoms with Crippen LogP contribution in [0.3, 0.4) is 0 Å². The fourth-order valence-electron chi connectivity index (χ4n) is 5.58. The predicted octanol–water partition coefficient (Wildman–Crippen LogP) is 5.84. The quantitative estimate of drug-likeness (QED) is 0.654. The highest BCUT2D eigenvalue weighted by Gasteiger charge is 2.40. The Morgan fingerprint density at radius 3 is 2.61 bits per heavy atom. The maximum Gasteiger partial charge on any atom is 0.407 e. The molecular formula is C26H31ClN2O2. The van der Waals surface area contributed by atoms with Gasteiger partial charge in [-0.15, -0.1) is 0 Å². The van der Waals surface area contributed by atoms with Crippen molar-refractivity contribution in [2.75, 3.05) is 19.6 Å². The van der Waals surface area contributed by atoms with Gasteiger partial charge in [-0.3, -0.25) is 4.90 Å². The number of hydrogen-bond acceptors (Lipinski definition) is 3. The SMILES string of the molecule is CC1(C)CCc2cc(-c3cccc(Cl)c3)ccc2C1NC(=O)O[C@H]1CN2CCC1CC2. The number of carbonyl (C=O) groups is 1. The van der Waals surface area contributed by atoms with E-state index in [1.807, 2.05) is 18.2 Å². The van der Waals surface area contributed by atoms with Gasteiger partial charge in [0.05, 0.1) is 6.04 Å². The number of benzene rings is 2. The number of alkyl carbamates (subject to hydrolysis) is 1. The standard InChI is InChI=1S/C26H31ClN2O2/c1-26(2)11-8-20-14-19(18-4-3-5-21(27)15-18)6-7-22(20)24(26)28-25(30)31-23-16-29-12-9-17(23)10-13-29/h3-7,14-15,17,23-24H,8-13,16H2,1-2H3,(H,28,30)/t23-,24?/m0/s1. The summed E-state index contributed by atoms with van der Waals surface area (Å²) in [5, 5.41) is 3.98. The zero-order valence-corrected chi connectivity index (χ0v) is 19.1. The van der Waals surface area contributed by atoms with Crippen molar-refractivity contribution in [3.63, 3.8) is 0 Å². The molecule has 3 saturated heterocycles. The molecular weight excluding hydrogens is 408 g/mol. The van der Waals surface area contributed by atoms with Gasteiger partial charge in [0.25, 0.3) is 0 Å². The maximum absolute atomic E-state index is 12.9. The molecule has 4 nitrogen and oxygen atoms in total. The Labute approximate surface area is 189 Å². The molecule has 2 aromatic carbocycles. The minimum absolute atomic E-state index is 0.0267. The van der Waals surface area contributed by atoms with E-state index in [0.29, 0.717) is 5.92 Å². The van der Waals surface area contributed by atoms with E-state index in [-0.39, 0.29) is 23.7 Å². The molecule has 5 heteroatoms. The fourth-order valence-corrected chi connectivity index (χ4v) is 5.77. The third-order valence-corrected chi connectivity index (χ3v) is 7.78. The van der Waals surface area contributed by atoms with Crippen molar-refractivity contribution in [2.24, 2.45) is 11.3 Å². The first-order valence-corrected chi connectivity index (χ1v) is 11.9. The molecule has 3 fully saturated rings. The summed E-state index contributed by atoms with van der Waals surface area (Å²) < 4.78 is 5.94. The van der Waals surface area contributed by atoms with Crippen LogP contribution in [0.15, 0.2) is 42.5 Å². The monoisotopic (exact) mass is 438 g/mol. The summed E-state index contributed by atoms with van der Waals surface area (Å²) in [5.74, 6) is 0.516. The molecule has 1 aliphatic carbocycles. The van der Waals surface area contributed by atoms with Crippen molar-refractivity contribution in [1.82, 2.24) is 10.2 Å². The highest BCUT2D eigenvalue weighted by Crippen LogP contribution is 2.44. The summed E-state index contributed by atoms with van der Waals surface area (Å²) in [7, 11) is 0. The molecule has 0 radical (unpaired) electrons. The topological polar surface area (TPSA) is 41.6 Å². The lowest BCUT2D eigenvalue weighted by molar-refractivity contribution is -0.0353. The second kappa shape index (κ2) is 8.14. The van der Waals surface area contributed by atoms with Gasteiger partial charge in [0.2, 0.25) is 0 Å². The molecule has 1 N–H and O–H groups in total. The number of carbonyl (C=O) groups excluding carboxylic acids is 1. The van der Waals surface area contributed by atoms with Crippen LogP contribution in [-0.4, -0.2) is 36.7 Å². The molecule has 0 saturated carbocycles. The molecule has 3 heterocycles. The van der Waals surface area contributed by atoms with Crippen LogP contribution in [0.5, 0.6) is 0 Å². The summed E-state index contributed by atoms with van der Waals surface area (Å²) in [6.07, 6.45) is 4.06. The molecule has 6 rings (SSSR count). The van der Waals surface area contributed by atoms with Crippen molar-refractivity contribution in [3.8, 4) is 11.1 Å². The second-order valence-corrected chi connectivity index (χ2v) is 10.5. The van der Waals surface area contributed by atoms with Crippen LogP contribution in [-0.2, 0) is 11.2 Å². The Balaban J connectivity index is 1.35. The van der Waals surface area contributed by atoms with Crippen molar-refractivity contribution in [2.45, 2.75) is 51.7 Å². The van der Waals surface area contributed by atoms with Crippen LogP contribution in [0.4, 0.5) is 4.79 Å². The molecule has 0 aromatic heterocycles. The zero-order chi connectivity index (χ0) is 21.6. The highest BCUT2D eigenvalue weighted by atomic mass is 35.5. The molecule has 2 aromatic rings. The maximum atomic E-state index is 12.9. The Morgan fingerprint density at radius 1 is 1.13 bits per heavy atom. The second-order valence-electron chi connectivity index (χ2n) is 10.1. The van der Waals surface area contributed by atoms with Crippen LogP contribution >= 0.6 is 11.6 Å². The van der Waals surface area contributed by atoms with E-state index < -0.39 is 0 Å². The largest absolute Gasteiger partial charge is 0.445 e. The van der Waals surface area contributed by atoms with E-state index in [1.165, 1.54) is 11.1 Å². The van der Waals surface area contributed by atoms with Crippen molar-refractivity contribution in [3.05, 3.63) is 58.6 Å². The third kappa shape index (κ3) is 4.20. The first kappa shape index (κ1) is 20.8. The smallest absolute Gasteiger partial charge is 0.407 e. The van der Waals surface area contributed by atoms with E-state index in [9.17, 15) is 4.79 Å². The Hall–Kier alpha value is -2.04. The number of piperidine rings is 3. The van der Waals surface area contributed by atoms with E-state index in [1.54, 1.807) is 0 Å². The number of ether oxygens (including phenoxy) is 1. The normalized spacial score (nSPS) is 28.6. The van der Waals surface area contributed by atoms with Crippen molar-refractivity contribution < 1.29 is 9.53 Å². The molecule has 164 valence electrons. The Morgan fingerprint density at radius 2 is 1.90 bits per heavy atom. The average Bonchev–Trinajstić information content (AvgIpc) is 2.76. The van der Waals surface area contributed by atoms with Gasteiger partial charge >= 0.3 is 6.09 Å². The van der Waals surface area contributed by atoms with Gasteiger partial charge in [-0.1, -0.05) is 55.8 Å². The minimum Gasteiger partial charge on any atom is -0.445 e. The number of halogens is 1. The van der Waals surface area contributed by atoms with Gasteiger partial charge in [-0.2, -0.15) is 0 Å². The van der Waals surface area contributed by atoms with Crippen LogP contribution in [0.25, 0.3) is 11.1 Å². The highest BCUT2D eigenvalue weighted by molar-refractivity contribution is 6.30. The molecule has 3 aliphatic heterocycles. The molecule has 2 atom stereocenters. The summed E-state index contributed by atoms with van der Waals surface area (Å²) in [6.45, 7) is 7.64. The van der Waals surface area contributed by atoms with Crippen molar-refractivity contribution >= 4 is 17.7 Å². The van der Waals surface area contributed by atoms with Gasteiger partial charge in [0.15, 0.2) is 0 Å². The van der Waals surface area contributed by atoms with E-state index >= 15 is 0 Å². The predicted molar refractivity (Wildman–Crippen MR) is 124 cm³/mol. The first-order chi connectivity index (χ1) is 14.9. The van der Waals surface area contributed by atoms with Gasteiger partial charge in [0.1, 0.15) is 6.10 Å². The summed E-state index contributed by atoms with van der Waals surface area (Å²) in [6, 6.07) is 14.5. The first-order valence-electron chi connectivity index (χ1n) is 11.5. The Bertz CT molecular complexity index is 981. The van der Waals surface area contributed by atoms with Gasteiger partial charge in [-0.25, -0.2) is 4.79 Å². The molecule has 2 bridgehead atoms.